The van der Waals surface area contributed by atoms with E-state index in [-0.39, 0.29) is 29.3 Å². The molecule has 16 heavy (non-hydrogen) atoms. The Morgan fingerprint density at radius 2 is 2.12 bits per heavy atom. The van der Waals surface area contributed by atoms with Gasteiger partial charge in [0.1, 0.15) is 30.3 Å². The molecule has 1 rings (SSSR count). The quantitative estimate of drug-likeness (QED) is 0.643. The van der Waals surface area contributed by atoms with Crippen molar-refractivity contribution in [2.24, 2.45) is 0 Å². The molecule has 0 radical (unpaired) electrons. The van der Waals surface area contributed by atoms with E-state index in [9.17, 15) is 4.79 Å². The predicted molar refractivity (Wildman–Crippen MR) is 54.2 cm³/mol. The van der Waals surface area contributed by atoms with Gasteiger partial charge >= 0.3 is 5.97 Å². The van der Waals surface area contributed by atoms with Crippen LogP contribution in [0.1, 0.15) is 11.1 Å². The van der Waals surface area contributed by atoms with Crippen LogP contribution in [0.2, 0.25) is 0 Å². The first-order valence-corrected chi connectivity index (χ1v) is 4.15. The lowest BCUT2D eigenvalue weighted by Crippen LogP contribution is -2.15. The number of hydrogen-bond acceptors (Lipinski definition) is 6. The molecule has 0 aliphatic carbocycles. The summed E-state index contributed by atoms with van der Waals surface area (Å²) in [6.45, 7) is -0.382. The van der Waals surface area contributed by atoms with Crippen LogP contribution in [-0.2, 0) is 4.79 Å². The topological polar surface area (TPSA) is 136 Å². The number of hydrogen-bond donors (Lipinski definition) is 3. The van der Waals surface area contributed by atoms with Crippen molar-refractivity contribution in [3.05, 3.63) is 17.2 Å². The fourth-order valence-electron chi connectivity index (χ4n) is 0.996. The van der Waals surface area contributed by atoms with Gasteiger partial charge < -0.3 is 16.2 Å². The molecule has 1 heterocycles. The van der Waals surface area contributed by atoms with E-state index in [0.717, 1.165) is 0 Å². The molecule has 0 aliphatic heterocycles. The van der Waals surface area contributed by atoms with Gasteiger partial charge in [0.05, 0.1) is 11.1 Å². The Hall–Kier alpha value is -2.80. The van der Waals surface area contributed by atoms with Gasteiger partial charge in [0.2, 0.25) is 0 Å². The Balaban J connectivity index is 3.11. The van der Waals surface area contributed by atoms with Crippen molar-refractivity contribution in [2.45, 2.75) is 0 Å². The second kappa shape index (κ2) is 4.62. The molecular weight excluding hydrogens is 210 g/mol. The SMILES string of the molecule is N#Cc1cc(C#N)c(NCC(=O)O)nc1N. The maximum atomic E-state index is 10.3. The second-order valence-corrected chi connectivity index (χ2v) is 2.79. The summed E-state index contributed by atoms with van der Waals surface area (Å²) in [4.78, 5) is 14.1. The number of carboxylic acid groups (broad SMARTS) is 1. The fraction of sp³-hybridized carbons (Fsp3) is 0.111. The van der Waals surface area contributed by atoms with Crippen LogP contribution in [0.5, 0.6) is 0 Å². The van der Waals surface area contributed by atoms with Crippen LogP contribution in [0.25, 0.3) is 0 Å². The number of carboxylic acids is 1. The smallest absolute Gasteiger partial charge is 0.322 e. The van der Waals surface area contributed by atoms with E-state index in [2.05, 4.69) is 10.3 Å². The van der Waals surface area contributed by atoms with E-state index in [0.29, 0.717) is 0 Å². The van der Waals surface area contributed by atoms with Crippen molar-refractivity contribution >= 4 is 17.6 Å². The summed E-state index contributed by atoms with van der Waals surface area (Å²) in [6, 6.07) is 4.83. The Kier molecular flexibility index (Phi) is 3.26. The van der Waals surface area contributed by atoms with Crippen LogP contribution in [0.15, 0.2) is 6.07 Å². The molecule has 0 aromatic carbocycles. The maximum Gasteiger partial charge on any atom is 0.322 e. The third kappa shape index (κ3) is 2.36. The number of aliphatic carboxylic acids is 1. The zero-order chi connectivity index (χ0) is 12.1. The second-order valence-electron chi connectivity index (χ2n) is 2.79. The van der Waals surface area contributed by atoms with Gasteiger partial charge in [-0.2, -0.15) is 10.5 Å². The van der Waals surface area contributed by atoms with Gasteiger partial charge in [0.15, 0.2) is 0 Å². The summed E-state index contributed by atoms with van der Waals surface area (Å²) in [5.74, 6) is -1.08. The molecule has 4 N–H and O–H groups in total. The third-order valence-corrected chi connectivity index (χ3v) is 1.70. The molecule has 0 fully saturated rings. The molecular formula is C9H7N5O2. The van der Waals surface area contributed by atoms with E-state index < -0.39 is 5.97 Å². The molecule has 7 heteroatoms. The van der Waals surface area contributed by atoms with Gasteiger partial charge in [0, 0.05) is 0 Å². The van der Waals surface area contributed by atoms with Crippen LogP contribution in [0, 0.1) is 22.7 Å². The number of carbonyl (C=O) groups is 1. The largest absolute Gasteiger partial charge is 0.480 e. The van der Waals surface area contributed by atoms with Gasteiger partial charge in [-0.1, -0.05) is 0 Å². The molecule has 0 aliphatic rings. The number of anilines is 2. The standard InChI is InChI=1S/C9H7N5O2/c10-2-5-1-6(3-11)9(14-8(5)12)13-4-7(15)16/h1H,4H2,(H,15,16)(H3,12,13,14). The average Bonchev–Trinajstić information content (AvgIpc) is 2.26. The lowest BCUT2D eigenvalue weighted by molar-refractivity contribution is -0.134. The molecule has 0 bridgehead atoms. The number of nitrogens with one attached hydrogen (secondary N) is 1. The minimum absolute atomic E-state index is 0.0469. The zero-order valence-corrected chi connectivity index (χ0v) is 8.06. The van der Waals surface area contributed by atoms with Crippen LogP contribution in [0.4, 0.5) is 11.6 Å². The van der Waals surface area contributed by atoms with Crippen LogP contribution in [0.3, 0.4) is 0 Å². The average molecular weight is 217 g/mol. The van der Waals surface area contributed by atoms with Crippen LogP contribution >= 0.6 is 0 Å². The summed E-state index contributed by atoms with van der Waals surface area (Å²) >= 11 is 0. The normalized spacial score (nSPS) is 8.88. The molecule has 80 valence electrons. The Labute approximate surface area is 90.7 Å². The molecule has 1 aromatic heterocycles. The highest BCUT2D eigenvalue weighted by atomic mass is 16.4. The van der Waals surface area contributed by atoms with Gasteiger partial charge in [0.25, 0.3) is 0 Å². The van der Waals surface area contributed by atoms with Gasteiger partial charge in [-0.25, -0.2) is 4.98 Å². The Morgan fingerprint density at radius 1 is 1.50 bits per heavy atom. The lowest BCUT2D eigenvalue weighted by Gasteiger charge is -2.06. The van der Waals surface area contributed by atoms with Crippen molar-refractivity contribution in [2.75, 3.05) is 17.6 Å². The maximum absolute atomic E-state index is 10.3. The van der Waals surface area contributed by atoms with Gasteiger partial charge in [-0.3, -0.25) is 4.79 Å². The summed E-state index contributed by atoms with van der Waals surface area (Å²) in [7, 11) is 0. The number of nitrogens with zero attached hydrogens (tertiary/aromatic N) is 3. The number of nitrogens with two attached hydrogens (primary N) is 1. The molecule has 7 nitrogen and oxygen atoms in total. The van der Waals surface area contributed by atoms with E-state index in [1.165, 1.54) is 6.07 Å². The first kappa shape index (κ1) is 11.3. The minimum Gasteiger partial charge on any atom is -0.480 e. The third-order valence-electron chi connectivity index (χ3n) is 1.70. The van der Waals surface area contributed by atoms with Crippen LogP contribution in [-0.4, -0.2) is 22.6 Å². The molecule has 0 saturated heterocycles. The Morgan fingerprint density at radius 3 is 2.62 bits per heavy atom. The number of rotatable bonds is 3. The highest BCUT2D eigenvalue weighted by molar-refractivity contribution is 5.73. The lowest BCUT2D eigenvalue weighted by atomic mass is 10.2. The number of nitrogen functional groups attached to an aromatic ring is 1. The van der Waals surface area contributed by atoms with Gasteiger partial charge in [-0.05, 0) is 6.07 Å². The zero-order valence-electron chi connectivity index (χ0n) is 8.06. The molecule has 0 amide bonds. The van der Waals surface area contributed by atoms with E-state index in [4.69, 9.17) is 21.4 Å². The van der Waals surface area contributed by atoms with Crippen molar-refractivity contribution in [3.63, 3.8) is 0 Å². The van der Waals surface area contributed by atoms with Crippen molar-refractivity contribution in [1.82, 2.24) is 4.98 Å². The molecule has 1 aromatic rings. The Bertz CT molecular complexity index is 512. The fourth-order valence-corrected chi connectivity index (χ4v) is 0.996. The highest BCUT2D eigenvalue weighted by Crippen LogP contribution is 2.17. The first-order valence-electron chi connectivity index (χ1n) is 4.15. The van der Waals surface area contributed by atoms with E-state index in [1.807, 2.05) is 0 Å². The molecule has 0 unspecified atom stereocenters. The summed E-state index contributed by atoms with van der Waals surface area (Å²) in [6.07, 6.45) is 0. The van der Waals surface area contributed by atoms with E-state index >= 15 is 0 Å². The predicted octanol–water partition coefficient (Wildman–Crippen LogP) is -0.0963. The van der Waals surface area contributed by atoms with Gasteiger partial charge in [-0.15, -0.1) is 0 Å². The monoisotopic (exact) mass is 217 g/mol. The molecule has 0 saturated carbocycles. The summed E-state index contributed by atoms with van der Waals surface area (Å²) in [5, 5.41) is 28.3. The highest BCUT2D eigenvalue weighted by Gasteiger charge is 2.10. The number of nitriles is 2. The first-order chi connectivity index (χ1) is 7.58. The number of pyridine rings is 1. The minimum atomic E-state index is -1.09. The van der Waals surface area contributed by atoms with Crippen molar-refractivity contribution in [3.8, 4) is 12.1 Å². The van der Waals surface area contributed by atoms with E-state index in [1.54, 1.807) is 12.1 Å². The van der Waals surface area contributed by atoms with Crippen molar-refractivity contribution < 1.29 is 9.90 Å². The number of aromatic nitrogens is 1. The van der Waals surface area contributed by atoms with Crippen molar-refractivity contribution in [1.29, 1.82) is 10.5 Å². The molecule has 0 spiro atoms. The summed E-state index contributed by atoms with van der Waals surface area (Å²) < 4.78 is 0. The summed E-state index contributed by atoms with van der Waals surface area (Å²) in [5.41, 5.74) is 5.59. The van der Waals surface area contributed by atoms with Crippen LogP contribution < -0.4 is 11.1 Å². The molecule has 0 atom stereocenters.